The first-order valence-corrected chi connectivity index (χ1v) is 11.4. The molecule has 4 aromatic rings. The first-order chi connectivity index (χ1) is 17.1. The molecular formula is C26H24ClFN4O4. The van der Waals surface area contributed by atoms with Crippen molar-refractivity contribution in [1.82, 2.24) is 14.5 Å². The summed E-state index contributed by atoms with van der Waals surface area (Å²) in [5.74, 6) is -3.03. The molecule has 0 aliphatic carbocycles. The van der Waals surface area contributed by atoms with Crippen molar-refractivity contribution in [3.63, 3.8) is 0 Å². The molecule has 1 heterocycles. The largest absolute Gasteiger partial charge is 0.480 e. The second-order valence-electron chi connectivity index (χ2n) is 8.58. The Morgan fingerprint density at radius 3 is 2.39 bits per heavy atom. The van der Waals surface area contributed by atoms with E-state index in [0.29, 0.717) is 11.3 Å². The highest BCUT2D eigenvalue weighted by Crippen LogP contribution is 2.23. The molecular weight excluding hydrogens is 487 g/mol. The number of rotatable bonds is 7. The predicted molar refractivity (Wildman–Crippen MR) is 137 cm³/mol. The Morgan fingerprint density at radius 2 is 1.78 bits per heavy atom. The maximum Gasteiger partial charge on any atom is 0.333 e. The van der Waals surface area contributed by atoms with Gasteiger partial charge in [-0.2, -0.15) is 0 Å². The third-order valence-corrected chi connectivity index (χ3v) is 6.30. The summed E-state index contributed by atoms with van der Waals surface area (Å²) in [5.41, 5.74) is 3.04. The molecule has 4 rings (SSSR count). The van der Waals surface area contributed by atoms with Gasteiger partial charge in [-0.25, -0.2) is 14.0 Å². The van der Waals surface area contributed by atoms with E-state index in [4.69, 9.17) is 11.6 Å². The van der Waals surface area contributed by atoms with Crippen LogP contribution in [0.25, 0.3) is 16.7 Å². The van der Waals surface area contributed by atoms with Gasteiger partial charge < -0.3 is 15.3 Å². The SMILES string of the molecule is CN(C)c1ccc2c(c1)n(-c1ccc(CC(NC(=O)c3c(F)cccc3Cl)C(=O)O)cc1)c(=O)n2C. The van der Waals surface area contributed by atoms with Crippen LogP contribution >= 0.6 is 11.6 Å². The van der Waals surface area contributed by atoms with Crippen LogP contribution in [-0.2, 0) is 18.3 Å². The quantitative estimate of drug-likeness (QED) is 0.396. The van der Waals surface area contributed by atoms with Crippen LogP contribution in [0.1, 0.15) is 15.9 Å². The molecule has 0 aliphatic rings. The number of halogens is 2. The van der Waals surface area contributed by atoms with Gasteiger partial charge >= 0.3 is 11.7 Å². The number of imidazole rings is 1. The van der Waals surface area contributed by atoms with E-state index in [1.807, 2.05) is 37.2 Å². The predicted octanol–water partition coefficient (Wildman–Crippen LogP) is 3.61. The molecule has 3 aromatic carbocycles. The van der Waals surface area contributed by atoms with E-state index in [-0.39, 0.29) is 17.1 Å². The number of carboxylic acid groups (broad SMARTS) is 1. The summed E-state index contributed by atoms with van der Waals surface area (Å²) in [4.78, 5) is 39.3. The van der Waals surface area contributed by atoms with E-state index in [1.54, 1.807) is 40.4 Å². The topological polar surface area (TPSA) is 96.6 Å². The number of fused-ring (bicyclic) bond motifs is 1. The van der Waals surface area contributed by atoms with E-state index >= 15 is 0 Å². The Labute approximate surface area is 211 Å². The Bertz CT molecular complexity index is 1510. The molecule has 1 amide bonds. The van der Waals surface area contributed by atoms with Crippen molar-refractivity contribution < 1.29 is 19.1 Å². The maximum atomic E-state index is 14.1. The van der Waals surface area contributed by atoms with E-state index in [2.05, 4.69) is 5.32 Å². The Kier molecular flexibility index (Phi) is 6.85. The highest BCUT2D eigenvalue weighted by Gasteiger charge is 2.24. The summed E-state index contributed by atoms with van der Waals surface area (Å²) in [6.45, 7) is 0. The lowest BCUT2D eigenvalue weighted by atomic mass is 10.0. The van der Waals surface area contributed by atoms with Crippen molar-refractivity contribution in [3.8, 4) is 5.69 Å². The van der Waals surface area contributed by atoms with Gasteiger partial charge in [0.2, 0.25) is 0 Å². The number of hydrogen-bond acceptors (Lipinski definition) is 4. The minimum atomic E-state index is -1.32. The lowest BCUT2D eigenvalue weighted by Crippen LogP contribution is -2.42. The molecule has 0 fully saturated rings. The molecule has 0 radical (unpaired) electrons. The molecule has 186 valence electrons. The maximum absolute atomic E-state index is 14.1. The zero-order chi connectivity index (χ0) is 26.1. The molecule has 0 saturated heterocycles. The number of aromatic nitrogens is 2. The van der Waals surface area contributed by atoms with Crippen LogP contribution in [0, 0.1) is 5.82 Å². The Balaban J connectivity index is 1.61. The fourth-order valence-corrected chi connectivity index (χ4v) is 4.27. The van der Waals surface area contributed by atoms with Crippen LogP contribution in [0.5, 0.6) is 0 Å². The summed E-state index contributed by atoms with van der Waals surface area (Å²) in [5, 5.41) is 11.9. The normalized spacial score (nSPS) is 11.9. The van der Waals surface area contributed by atoms with Gasteiger partial charge in [-0.05, 0) is 48.0 Å². The lowest BCUT2D eigenvalue weighted by molar-refractivity contribution is -0.139. The van der Waals surface area contributed by atoms with Crippen LogP contribution in [0.4, 0.5) is 10.1 Å². The van der Waals surface area contributed by atoms with E-state index in [0.717, 1.165) is 22.8 Å². The minimum absolute atomic E-state index is 0.0529. The number of benzene rings is 3. The highest BCUT2D eigenvalue weighted by atomic mass is 35.5. The number of aliphatic carboxylic acids is 1. The zero-order valence-corrected chi connectivity index (χ0v) is 20.6. The molecule has 1 unspecified atom stereocenters. The minimum Gasteiger partial charge on any atom is -0.480 e. The van der Waals surface area contributed by atoms with Crippen molar-refractivity contribution in [2.45, 2.75) is 12.5 Å². The second-order valence-corrected chi connectivity index (χ2v) is 8.98. The monoisotopic (exact) mass is 510 g/mol. The fourth-order valence-electron chi connectivity index (χ4n) is 4.02. The van der Waals surface area contributed by atoms with Gasteiger partial charge in [0, 0.05) is 33.3 Å². The van der Waals surface area contributed by atoms with Gasteiger partial charge in [0.1, 0.15) is 11.9 Å². The number of carboxylic acids is 1. The Hall–Kier alpha value is -4.11. The number of amides is 1. The third kappa shape index (κ3) is 4.70. The number of hydrogen-bond donors (Lipinski definition) is 2. The summed E-state index contributed by atoms with van der Waals surface area (Å²) >= 11 is 5.93. The summed E-state index contributed by atoms with van der Waals surface area (Å²) < 4.78 is 17.2. The molecule has 2 N–H and O–H groups in total. The van der Waals surface area contributed by atoms with Crippen LogP contribution in [0.15, 0.2) is 65.5 Å². The van der Waals surface area contributed by atoms with Crippen molar-refractivity contribution in [3.05, 3.63) is 93.1 Å². The average molecular weight is 511 g/mol. The van der Waals surface area contributed by atoms with Crippen LogP contribution in [-0.4, -0.2) is 46.3 Å². The second kappa shape index (κ2) is 9.87. The van der Waals surface area contributed by atoms with Gasteiger partial charge in [0.25, 0.3) is 5.91 Å². The third-order valence-electron chi connectivity index (χ3n) is 5.98. The van der Waals surface area contributed by atoms with Crippen molar-refractivity contribution in [2.24, 2.45) is 7.05 Å². The van der Waals surface area contributed by atoms with Crippen LogP contribution in [0.2, 0.25) is 5.02 Å². The van der Waals surface area contributed by atoms with Gasteiger partial charge in [0.15, 0.2) is 0 Å². The highest BCUT2D eigenvalue weighted by molar-refractivity contribution is 6.33. The molecule has 0 bridgehead atoms. The number of carbonyl (C=O) groups is 2. The average Bonchev–Trinajstić information content (AvgIpc) is 3.08. The molecule has 36 heavy (non-hydrogen) atoms. The molecule has 1 aromatic heterocycles. The molecule has 0 spiro atoms. The smallest absolute Gasteiger partial charge is 0.333 e. The van der Waals surface area contributed by atoms with E-state index < -0.39 is 29.3 Å². The summed E-state index contributed by atoms with van der Waals surface area (Å²) in [6.07, 6.45) is -0.0529. The van der Waals surface area contributed by atoms with Gasteiger partial charge in [-0.1, -0.05) is 29.8 Å². The number of nitrogens with zero attached hydrogens (tertiary/aromatic N) is 3. The summed E-state index contributed by atoms with van der Waals surface area (Å²) in [7, 11) is 5.53. The van der Waals surface area contributed by atoms with Gasteiger partial charge in [-0.3, -0.25) is 13.9 Å². The van der Waals surface area contributed by atoms with E-state index in [1.165, 1.54) is 12.1 Å². The first kappa shape index (κ1) is 25.0. The number of nitrogens with one attached hydrogen (secondary N) is 1. The molecule has 8 nitrogen and oxygen atoms in total. The molecule has 0 aliphatic heterocycles. The van der Waals surface area contributed by atoms with Gasteiger partial charge in [0.05, 0.1) is 27.3 Å². The van der Waals surface area contributed by atoms with Gasteiger partial charge in [-0.15, -0.1) is 0 Å². The number of anilines is 1. The lowest BCUT2D eigenvalue weighted by Gasteiger charge is -2.16. The Morgan fingerprint density at radius 1 is 1.08 bits per heavy atom. The summed E-state index contributed by atoms with van der Waals surface area (Å²) in [6, 6.07) is 15.0. The van der Waals surface area contributed by atoms with E-state index in [9.17, 15) is 23.9 Å². The number of aryl methyl sites for hydroxylation is 1. The number of carbonyl (C=O) groups excluding carboxylic acids is 1. The van der Waals surface area contributed by atoms with Crippen molar-refractivity contribution in [2.75, 3.05) is 19.0 Å². The molecule has 1 atom stereocenters. The van der Waals surface area contributed by atoms with Crippen LogP contribution < -0.4 is 15.9 Å². The zero-order valence-electron chi connectivity index (χ0n) is 19.8. The van der Waals surface area contributed by atoms with Crippen molar-refractivity contribution >= 4 is 40.2 Å². The molecule has 10 heteroatoms. The standard InChI is InChI=1S/C26H24ClFN4O4/c1-30(2)17-11-12-21-22(14-17)32(26(36)31(21)3)16-9-7-15(8-10-16)13-20(25(34)35)29-24(33)23-18(27)5-4-6-19(23)28/h4-12,14,20H,13H2,1-3H3,(H,29,33)(H,34,35). The fraction of sp³-hybridized carbons (Fsp3) is 0.192. The first-order valence-electron chi connectivity index (χ1n) is 11.0. The molecule has 0 saturated carbocycles. The van der Waals surface area contributed by atoms with Crippen molar-refractivity contribution in [1.29, 1.82) is 0 Å². The van der Waals surface area contributed by atoms with Crippen LogP contribution in [0.3, 0.4) is 0 Å².